The molecule has 2 rings (SSSR count). The summed E-state index contributed by atoms with van der Waals surface area (Å²) in [6.45, 7) is 3.91. The van der Waals surface area contributed by atoms with Gasteiger partial charge in [-0.2, -0.15) is 13.2 Å². The zero-order valence-electron chi connectivity index (χ0n) is 10.2. The SMILES string of the molecule is C=CCNC(=O)C1CC1c1ccc(C(F)(F)F)cc1. The number of hydrogen-bond donors (Lipinski definition) is 1. The van der Waals surface area contributed by atoms with Gasteiger partial charge in [0.15, 0.2) is 0 Å². The maximum absolute atomic E-state index is 12.4. The third kappa shape index (κ3) is 3.16. The van der Waals surface area contributed by atoms with Gasteiger partial charge >= 0.3 is 6.18 Å². The second-order valence-corrected chi connectivity index (χ2v) is 4.60. The summed E-state index contributed by atoms with van der Waals surface area (Å²) in [6.07, 6.45) is -2.04. The Morgan fingerprint density at radius 1 is 1.37 bits per heavy atom. The van der Waals surface area contributed by atoms with E-state index in [1.54, 1.807) is 6.08 Å². The van der Waals surface area contributed by atoms with Gasteiger partial charge in [-0.25, -0.2) is 0 Å². The number of halogens is 3. The quantitative estimate of drug-likeness (QED) is 0.836. The molecule has 0 aromatic heterocycles. The van der Waals surface area contributed by atoms with Gasteiger partial charge in [-0.05, 0) is 30.0 Å². The van der Waals surface area contributed by atoms with Crippen LogP contribution in [0.2, 0.25) is 0 Å². The van der Waals surface area contributed by atoms with Crippen molar-refractivity contribution in [2.24, 2.45) is 5.92 Å². The Morgan fingerprint density at radius 3 is 2.53 bits per heavy atom. The van der Waals surface area contributed by atoms with Crippen LogP contribution in [0.4, 0.5) is 13.2 Å². The Balaban J connectivity index is 1.98. The van der Waals surface area contributed by atoms with E-state index < -0.39 is 11.7 Å². The summed E-state index contributed by atoms with van der Waals surface area (Å²) in [5.41, 5.74) is 0.122. The fourth-order valence-electron chi connectivity index (χ4n) is 2.08. The molecular formula is C14H14F3NO. The first-order valence-electron chi connectivity index (χ1n) is 5.99. The highest BCUT2D eigenvalue weighted by Gasteiger charge is 2.43. The van der Waals surface area contributed by atoms with E-state index in [2.05, 4.69) is 11.9 Å². The van der Waals surface area contributed by atoms with Crippen LogP contribution in [-0.2, 0) is 11.0 Å². The van der Waals surface area contributed by atoms with Crippen molar-refractivity contribution >= 4 is 5.91 Å². The Kier molecular flexibility index (Phi) is 3.64. The minimum atomic E-state index is -4.32. The van der Waals surface area contributed by atoms with Crippen molar-refractivity contribution in [1.82, 2.24) is 5.32 Å². The normalized spacial score (nSPS) is 21.8. The third-order valence-corrected chi connectivity index (χ3v) is 3.21. The first kappa shape index (κ1) is 13.6. The van der Waals surface area contributed by atoms with Crippen molar-refractivity contribution in [1.29, 1.82) is 0 Å². The monoisotopic (exact) mass is 269 g/mol. The van der Waals surface area contributed by atoms with Gasteiger partial charge in [-0.15, -0.1) is 6.58 Å². The van der Waals surface area contributed by atoms with Crippen molar-refractivity contribution in [2.45, 2.75) is 18.5 Å². The molecule has 1 fully saturated rings. The summed E-state index contributed by atoms with van der Waals surface area (Å²) in [6, 6.07) is 5.03. The number of nitrogens with one attached hydrogen (secondary N) is 1. The zero-order chi connectivity index (χ0) is 14.0. The summed E-state index contributed by atoms with van der Waals surface area (Å²) < 4.78 is 37.2. The first-order valence-corrected chi connectivity index (χ1v) is 5.99. The molecule has 102 valence electrons. The van der Waals surface area contributed by atoms with E-state index in [0.717, 1.165) is 17.7 Å². The fourth-order valence-corrected chi connectivity index (χ4v) is 2.08. The molecule has 19 heavy (non-hydrogen) atoms. The summed E-state index contributed by atoms with van der Waals surface area (Å²) >= 11 is 0. The Labute approximate surface area is 109 Å². The average molecular weight is 269 g/mol. The molecule has 1 aromatic rings. The molecule has 0 spiro atoms. The van der Waals surface area contributed by atoms with Gasteiger partial charge in [0.05, 0.1) is 5.56 Å². The number of alkyl halides is 3. The van der Waals surface area contributed by atoms with E-state index in [9.17, 15) is 18.0 Å². The van der Waals surface area contributed by atoms with Crippen LogP contribution in [0.3, 0.4) is 0 Å². The van der Waals surface area contributed by atoms with Crippen LogP contribution < -0.4 is 5.32 Å². The van der Waals surface area contributed by atoms with E-state index in [1.165, 1.54) is 12.1 Å². The van der Waals surface area contributed by atoms with E-state index in [0.29, 0.717) is 13.0 Å². The number of amides is 1. The highest BCUT2D eigenvalue weighted by atomic mass is 19.4. The number of carbonyl (C=O) groups is 1. The lowest BCUT2D eigenvalue weighted by atomic mass is 10.1. The fraction of sp³-hybridized carbons (Fsp3) is 0.357. The molecule has 1 aliphatic rings. The molecule has 0 heterocycles. The van der Waals surface area contributed by atoms with Gasteiger partial charge in [0.1, 0.15) is 0 Å². The molecule has 2 nitrogen and oxygen atoms in total. The summed E-state index contributed by atoms with van der Waals surface area (Å²) in [7, 11) is 0. The van der Waals surface area contributed by atoms with Crippen LogP contribution >= 0.6 is 0 Å². The Morgan fingerprint density at radius 2 is 2.00 bits per heavy atom. The molecule has 1 aliphatic carbocycles. The summed E-state index contributed by atoms with van der Waals surface area (Å²) in [5, 5.41) is 2.69. The largest absolute Gasteiger partial charge is 0.416 e. The standard InChI is InChI=1S/C14H14F3NO/c1-2-7-18-13(19)12-8-11(12)9-3-5-10(6-4-9)14(15,16)17/h2-6,11-12H,1,7-8H2,(H,18,19). The van der Waals surface area contributed by atoms with E-state index in [-0.39, 0.29) is 17.7 Å². The third-order valence-electron chi connectivity index (χ3n) is 3.21. The molecule has 0 aliphatic heterocycles. The summed E-state index contributed by atoms with van der Waals surface area (Å²) in [5.74, 6) is -0.159. The smallest absolute Gasteiger partial charge is 0.352 e. The van der Waals surface area contributed by atoms with Crippen molar-refractivity contribution in [3.8, 4) is 0 Å². The molecule has 2 unspecified atom stereocenters. The van der Waals surface area contributed by atoms with Crippen LogP contribution in [0, 0.1) is 5.92 Å². The van der Waals surface area contributed by atoms with Crippen LogP contribution in [0.5, 0.6) is 0 Å². The molecule has 1 saturated carbocycles. The minimum Gasteiger partial charge on any atom is -0.352 e. The van der Waals surface area contributed by atoms with E-state index in [4.69, 9.17) is 0 Å². The predicted molar refractivity (Wildman–Crippen MR) is 65.5 cm³/mol. The Bertz CT molecular complexity index is 478. The van der Waals surface area contributed by atoms with Crippen molar-refractivity contribution in [2.75, 3.05) is 6.54 Å². The van der Waals surface area contributed by atoms with E-state index >= 15 is 0 Å². The number of hydrogen-bond acceptors (Lipinski definition) is 1. The average Bonchev–Trinajstić information content (AvgIpc) is 3.15. The maximum Gasteiger partial charge on any atom is 0.416 e. The molecule has 1 N–H and O–H groups in total. The van der Waals surface area contributed by atoms with Crippen LogP contribution in [0.1, 0.15) is 23.5 Å². The van der Waals surface area contributed by atoms with Crippen molar-refractivity contribution < 1.29 is 18.0 Å². The van der Waals surface area contributed by atoms with Crippen LogP contribution in [-0.4, -0.2) is 12.5 Å². The van der Waals surface area contributed by atoms with Crippen molar-refractivity contribution in [3.63, 3.8) is 0 Å². The number of benzene rings is 1. The molecule has 0 radical (unpaired) electrons. The lowest BCUT2D eigenvalue weighted by Gasteiger charge is -2.07. The second-order valence-electron chi connectivity index (χ2n) is 4.60. The van der Waals surface area contributed by atoms with Gasteiger partial charge in [-0.1, -0.05) is 18.2 Å². The molecule has 0 bridgehead atoms. The second kappa shape index (κ2) is 5.07. The predicted octanol–water partition coefficient (Wildman–Crippen LogP) is 3.11. The van der Waals surface area contributed by atoms with Gasteiger partial charge in [0, 0.05) is 12.5 Å². The van der Waals surface area contributed by atoms with E-state index in [1.807, 2.05) is 0 Å². The number of rotatable bonds is 4. The van der Waals surface area contributed by atoms with Gasteiger partial charge < -0.3 is 5.32 Å². The minimum absolute atomic E-state index is 0.0344. The van der Waals surface area contributed by atoms with Crippen LogP contribution in [0.25, 0.3) is 0 Å². The highest BCUT2D eigenvalue weighted by molar-refractivity contribution is 5.83. The van der Waals surface area contributed by atoms with Gasteiger partial charge in [0.2, 0.25) is 5.91 Å². The zero-order valence-corrected chi connectivity index (χ0v) is 10.2. The Hall–Kier alpha value is -1.78. The lowest BCUT2D eigenvalue weighted by Crippen LogP contribution is -2.25. The molecule has 5 heteroatoms. The maximum atomic E-state index is 12.4. The molecule has 1 aromatic carbocycles. The van der Waals surface area contributed by atoms with Gasteiger partial charge in [-0.3, -0.25) is 4.79 Å². The number of carbonyl (C=O) groups excluding carboxylic acids is 1. The highest BCUT2D eigenvalue weighted by Crippen LogP contribution is 2.47. The first-order chi connectivity index (χ1) is 8.93. The summed E-state index contributed by atoms with van der Waals surface area (Å²) in [4.78, 5) is 11.6. The lowest BCUT2D eigenvalue weighted by molar-refractivity contribution is -0.137. The molecular weight excluding hydrogens is 255 g/mol. The van der Waals surface area contributed by atoms with Crippen molar-refractivity contribution in [3.05, 3.63) is 48.0 Å². The topological polar surface area (TPSA) is 29.1 Å². The molecule has 0 saturated heterocycles. The van der Waals surface area contributed by atoms with Gasteiger partial charge in [0.25, 0.3) is 0 Å². The van der Waals surface area contributed by atoms with Crippen LogP contribution in [0.15, 0.2) is 36.9 Å². The molecule has 1 amide bonds. The molecule has 2 atom stereocenters.